The number of nitrogens with zero attached hydrogens (tertiary/aromatic N) is 6. The lowest BCUT2D eigenvalue weighted by Crippen LogP contribution is -2.41. The Hall–Kier alpha value is -3.81. The Morgan fingerprint density at radius 2 is 2.11 bits per heavy atom. The topological polar surface area (TPSA) is 128 Å². The molecule has 2 aliphatic carbocycles. The smallest absolute Gasteiger partial charge is 0.232 e. The minimum atomic E-state index is -0.711. The van der Waals surface area contributed by atoms with E-state index in [2.05, 4.69) is 19.6 Å². The van der Waals surface area contributed by atoms with Crippen molar-refractivity contribution >= 4 is 11.0 Å². The fourth-order valence-corrected chi connectivity index (χ4v) is 5.29. The highest BCUT2D eigenvalue weighted by molar-refractivity contribution is 5.98. The number of nitrogens with two attached hydrogens (primary N) is 1. The van der Waals surface area contributed by atoms with Crippen LogP contribution in [0.25, 0.3) is 22.2 Å². The van der Waals surface area contributed by atoms with Crippen LogP contribution in [0.3, 0.4) is 0 Å². The molecule has 2 atom stereocenters. The average molecular weight is 488 g/mol. The van der Waals surface area contributed by atoms with Crippen LogP contribution < -0.4 is 10.5 Å². The summed E-state index contributed by atoms with van der Waals surface area (Å²) < 4.78 is 24.5. The molecule has 184 valence electrons. The minimum Gasteiger partial charge on any atom is -0.435 e. The van der Waals surface area contributed by atoms with E-state index in [-0.39, 0.29) is 17.6 Å². The zero-order chi connectivity index (χ0) is 24.9. The highest BCUT2D eigenvalue weighted by Crippen LogP contribution is 2.41. The maximum Gasteiger partial charge on any atom is 0.232 e. The van der Waals surface area contributed by atoms with Crippen molar-refractivity contribution in [2.75, 3.05) is 0 Å². The van der Waals surface area contributed by atoms with Crippen LogP contribution in [0.5, 0.6) is 11.6 Å². The predicted molar refractivity (Wildman–Crippen MR) is 130 cm³/mol. The normalized spacial score (nSPS) is 20.8. The van der Waals surface area contributed by atoms with E-state index in [4.69, 9.17) is 15.7 Å². The van der Waals surface area contributed by atoms with E-state index in [1.165, 1.54) is 18.5 Å². The lowest BCUT2D eigenvalue weighted by Gasteiger charge is -2.36. The molecule has 10 heteroatoms. The van der Waals surface area contributed by atoms with Gasteiger partial charge in [0, 0.05) is 23.8 Å². The molecule has 0 bridgehead atoms. The summed E-state index contributed by atoms with van der Waals surface area (Å²) in [7, 11) is 0. The number of hydrogen-bond donors (Lipinski definition) is 2. The molecule has 1 aromatic carbocycles. The van der Waals surface area contributed by atoms with Crippen molar-refractivity contribution in [3.63, 3.8) is 0 Å². The van der Waals surface area contributed by atoms with Gasteiger partial charge in [-0.3, -0.25) is 4.68 Å². The van der Waals surface area contributed by atoms with Crippen molar-refractivity contribution in [3.8, 4) is 28.8 Å². The van der Waals surface area contributed by atoms with Crippen molar-refractivity contribution < 1.29 is 14.2 Å². The molecule has 3 heterocycles. The van der Waals surface area contributed by atoms with Gasteiger partial charge in [0.15, 0.2) is 5.75 Å². The molecule has 3 N–H and O–H groups in total. The van der Waals surface area contributed by atoms with Gasteiger partial charge in [-0.05, 0) is 56.2 Å². The number of fused-ring (bicyclic) bond motifs is 1. The van der Waals surface area contributed by atoms with Crippen molar-refractivity contribution in [2.24, 2.45) is 5.73 Å². The molecule has 2 aliphatic rings. The molecule has 9 nitrogen and oxygen atoms in total. The average Bonchev–Trinajstić information content (AvgIpc) is 3.57. The molecular formula is C26H26FN7O2. The molecule has 0 saturated heterocycles. The molecule has 0 amide bonds. The summed E-state index contributed by atoms with van der Waals surface area (Å²) in [5.74, 6) is 0.210. The molecule has 0 radical (unpaired) electrons. The highest BCUT2D eigenvalue weighted by Gasteiger charge is 2.35. The number of benzene rings is 1. The molecule has 6 rings (SSSR count). The van der Waals surface area contributed by atoms with E-state index in [1.54, 1.807) is 23.1 Å². The van der Waals surface area contributed by atoms with Crippen LogP contribution in [0.1, 0.15) is 50.1 Å². The molecule has 2 fully saturated rings. The van der Waals surface area contributed by atoms with Gasteiger partial charge >= 0.3 is 0 Å². The maximum absolute atomic E-state index is 14.6. The number of hydrogen-bond acceptors (Lipinski definition) is 7. The Morgan fingerprint density at radius 1 is 1.25 bits per heavy atom. The third kappa shape index (κ3) is 4.00. The predicted octanol–water partition coefficient (Wildman–Crippen LogP) is 4.07. The number of nitriles is 1. The fourth-order valence-electron chi connectivity index (χ4n) is 5.29. The summed E-state index contributed by atoms with van der Waals surface area (Å²) in [5.41, 5.74) is 7.45. The molecule has 0 unspecified atom stereocenters. The van der Waals surface area contributed by atoms with Gasteiger partial charge in [0.2, 0.25) is 5.88 Å². The van der Waals surface area contributed by atoms with E-state index in [1.807, 2.05) is 12.3 Å². The van der Waals surface area contributed by atoms with Crippen molar-refractivity contribution in [1.82, 2.24) is 24.3 Å². The lowest BCUT2D eigenvalue weighted by atomic mass is 9.80. The fraction of sp³-hybridized carbons (Fsp3) is 0.385. The van der Waals surface area contributed by atoms with Crippen LogP contribution in [-0.2, 0) is 6.54 Å². The van der Waals surface area contributed by atoms with Crippen molar-refractivity contribution in [2.45, 2.75) is 62.8 Å². The standard InChI is InChI=1S/C26H26FN7O2/c27-22-8-16(2-3-17(22)10-28)21-13-34(19-5-4-18(29)9-19)24-23(21)25(31-15-30-24)36-20-11-32-33(12-20)14-26(35)6-1-7-26/h2-3,8,11-13,15,18-19,35H,1,4-7,9,14,29H2/t18-,19-/m1/s1. The van der Waals surface area contributed by atoms with Crippen LogP contribution in [0.15, 0.2) is 43.1 Å². The van der Waals surface area contributed by atoms with E-state index in [0.29, 0.717) is 40.3 Å². The largest absolute Gasteiger partial charge is 0.435 e. The number of halogens is 1. The number of aromatic nitrogens is 5. The molecule has 0 spiro atoms. The summed E-state index contributed by atoms with van der Waals surface area (Å²) >= 11 is 0. The zero-order valence-electron chi connectivity index (χ0n) is 19.6. The first-order chi connectivity index (χ1) is 17.4. The Bertz CT molecular complexity index is 1480. The SMILES string of the molecule is N#Cc1ccc(-c2cn([C@@H]3CC[C@@H](N)C3)c3ncnc(Oc4cnn(CC5(O)CCC5)c4)c23)cc1F. The van der Waals surface area contributed by atoms with Crippen LogP contribution in [0.4, 0.5) is 4.39 Å². The van der Waals surface area contributed by atoms with E-state index >= 15 is 0 Å². The quantitative estimate of drug-likeness (QED) is 0.420. The van der Waals surface area contributed by atoms with E-state index in [9.17, 15) is 9.50 Å². The number of ether oxygens (including phenoxy) is 1. The van der Waals surface area contributed by atoms with Gasteiger partial charge in [-0.15, -0.1) is 0 Å². The van der Waals surface area contributed by atoms with Gasteiger partial charge in [0.1, 0.15) is 23.9 Å². The number of aliphatic hydroxyl groups is 1. The molecular weight excluding hydrogens is 461 g/mol. The summed E-state index contributed by atoms with van der Waals surface area (Å²) in [6.07, 6.45) is 11.9. The summed E-state index contributed by atoms with van der Waals surface area (Å²) in [6.45, 7) is 0.406. The molecule has 2 saturated carbocycles. The van der Waals surface area contributed by atoms with Crippen molar-refractivity contribution in [3.05, 3.63) is 54.5 Å². The van der Waals surface area contributed by atoms with Gasteiger partial charge in [-0.1, -0.05) is 6.07 Å². The minimum absolute atomic E-state index is 0.0162. The Morgan fingerprint density at radius 3 is 2.81 bits per heavy atom. The van der Waals surface area contributed by atoms with Crippen LogP contribution in [0, 0.1) is 17.1 Å². The van der Waals surface area contributed by atoms with Crippen molar-refractivity contribution in [1.29, 1.82) is 5.26 Å². The maximum atomic E-state index is 14.6. The second kappa shape index (κ2) is 8.69. The lowest BCUT2D eigenvalue weighted by molar-refractivity contribution is -0.0498. The molecule has 4 aromatic rings. The van der Waals surface area contributed by atoms with Gasteiger partial charge in [0.05, 0.1) is 35.5 Å². The van der Waals surface area contributed by atoms with Crippen LogP contribution >= 0.6 is 0 Å². The summed E-state index contributed by atoms with van der Waals surface area (Å²) in [6, 6.07) is 6.69. The first kappa shape index (κ1) is 22.6. The molecule has 0 aliphatic heterocycles. The summed E-state index contributed by atoms with van der Waals surface area (Å²) in [4.78, 5) is 8.97. The Labute approximate surface area is 207 Å². The third-order valence-electron chi connectivity index (χ3n) is 7.38. The van der Waals surface area contributed by atoms with E-state index in [0.717, 1.165) is 38.5 Å². The Kier molecular flexibility index (Phi) is 5.47. The zero-order valence-corrected chi connectivity index (χ0v) is 19.6. The third-order valence-corrected chi connectivity index (χ3v) is 7.38. The van der Waals surface area contributed by atoms with Crippen LogP contribution in [-0.4, -0.2) is 41.1 Å². The highest BCUT2D eigenvalue weighted by atomic mass is 19.1. The van der Waals surface area contributed by atoms with Gasteiger partial charge in [-0.2, -0.15) is 10.4 Å². The molecule has 36 heavy (non-hydrogen) atoms. The van der Waals surface area contributed by atoms with E-state index < -0.39 is 11.4 Å². The second-order valence-corrected chi connectivity index (χ2v) is 9.91. The second-order valence-electron chi connectivity index (χ2n) is 9.91. The van der Waals surface area contributed by atoms with Gasteiger partial charge < -0.3 is 20.1 Å². The first-order valence-corrected chi connectivity index (χ1v) is 12.2. The van der Waals surface area contributed by atoms with Gasteiger partial charge in [0.25, 0.3) is 0 Å². The Balaban J connectivity index is 1.42. The van der Waals surface area contributed by atoms with Crippen LogP contribution in [0.2, 0.25) is 0 Å². The molecule has 3 aromatic heterocycles. The monoisotopic (exact) mass is 487 g/mol. The van der Waals surface area contributed by atoms with Gasteiger partial charge in [-0.25, -0.2) is 14.4 Å². The first-order valence-electron chi connectivity index (χ1n) is 12.2. The summed E-state index contributed by atoms with van der Waals surface area (Å²) in [5, 5.41) is 24.6. The number of rotatable bonds is 6.